The third-order valence-electron chi connectivity index (χ3n) is 3.10. The van der Waals surface area contributed by atoms with Crippen LogP contribution >= 0.6 is 15.9 Å². The van der Waals surface area contributed by atoms with Gasteiger partial charge in [-0.2, -0.15) is 0 Å². The largest absolute Gasteiger partial charge is 0.501 e. The molecule has 6 heteroatoms. The smallest absolute Gasteiger partial charge is 0.312 e. The molecule has 0 aromatic heterocycles. The van der Waals surface area contributed by atoms with Crippen LogP contribution in [-0.4, -0.2) is 16.6 Å². The minimum Gasteiger partial charge on any atom is -0.501 e. The van der Waals surface area contributed by atoms with Crippen molar-refractivity contribution in [2.75, 3.05) is 6.54 Å². The Bertz CT molecular complexity index is 458. The summed E-state index contributed by atoms with van der Waals surface area (Å²) in [7, 11) is 0. The van der Waals surface area contributed by atoms with E-state index in [0.29, 0.717) is 11.0 Å². The molecular formula is C10H11BrN2O3. The maximum Gasteiger partial charge on any atom is 0.312 e. The second-order valence-electron chi connectivity index (χ2n) is 4.07. The first-order valence-electron chi connectivity index (χ1n) is 4.87. The Morgan fingerprint density at radius 1 is 1.56 bits per heavy atom. The Hall–Kier alpha value is -1.14. The normalized spacial score (nSPS) is 17.1. The Morgan fingerprint density at radius 3 is 2.62 bits per heavy atom. The van der Waals surface area contributed by atoms with E-state index in [0.717, 1.165) is 18.4 Å². The fourth-order valence-electron chi connectivity index (χ4n) is 1.79. The predicted octanol–water partition coefficient (Wildman–Crippen LogP) is 2.05. The van der Waals surface area contributed by atoms with Crippen LogP contribution in [0.4, 0.5) is 5.69 Å². The monoisotopic (exact) mass is 286 g/mol. The van der Waals surface area contributed by atoms with Crippen LogP contribution in [0.1, 0.15) is 18.4 Å². The lowest BCUT2D eigenvalue weighted by Gasteiger charge is -2.13. The molecule has 5 nitrogen and oxygen atoms in total. The fraction of sp³-hybridized carbons (Fsp3) is 0.400. The molecule has 0 heterocycles. The van der Waals surface area contributed by atoms with Gasteiger partial charge >= 0.3 is 5.69 Å². The summed E-state index contributed by atoms with van der Waals surface area (Å²) in [6.07, 6.45) is 1.88. The van der Waals surface area contributed by atoms with Crippen LogP contribution in [0.5, 0.6) is 5.75 Å². The molecule has 0 radical (unpaired) electrons. The molecule has 0 spiro atoms. The van der Waals surface area contributed by atoms with E-state index in [4.69, 9.17) is 5.73 Å². The molecule has 1 aromatic rings. The van der Waals surface area contributed by atoms with Gasteiger partial charge in [-0.1, -0.05) is 0 Å². The Balaban J connectivity index is 2.53. The summed E-state index contributed by atoms with van der Waals surface area (Å²) in [4.78, 5) is 10.2. The maximum absolute atomic E-state index is 10.8. The van der Waals surface area contributed by atoms with Gasteiger partial charge in [0.15, 0.2) is 0 Å². The van der Waals surface area contributed by atoms with E-state index in [9.17, 15) is 15.2 Å². The average molecular weight is 287 g/mol. The van der Waals surface area contributed by atoms with E-state index in [-0.39, 0.29) is 16.9 Å². The highest BCUT2D eigenvalue weighted by Crippen LogP contribution is 2.50. The van der Waals surface area contributed by atoms with Crippen molar-refractivity contribution in [3.63, 3.8) is 0 Å². The molecule has 16 heavy (non-hydrogen) atoms. The van der Waals surface area contributed by atoms with E-state index in [1.807, 2.05) is 0 Å². The van der Waals surface area contributed by atoms with Gasteiger partial charge in [-0.25, -0.2) is 0 Å². The molecule has 3 N–H and O–H groups in total. The first-order chi connectivity index (χ1) is 7.50. The van der Waals surface area contributed by atoms with Crippen LogP contribution in [0.2, 0.25) is 0 Å². The highest BCUT2D eigenvalue weighted by Gasteiger charge is 2.44. The van der Waals surface area contributed by atoms with Gasteiger partial charge in [0.05, 0.1) is 9.40 Å². The fourth-order valence-corrected chi connectivity index (χ4v) is 2.24. The summed E-state index contributed by atoms with van der Waals surface area (Å²) in [6.45, 7) is 0.474. The second kappa shape index (κ2) is 3.71. The van der Waals surface area contributed by atoms with Gasteiger partial charge in [-0.3, -0.25) is 10.1 Å². The Morgan fingerprint density at radius 2 is 2.19 bits per heavy atom. The number of aromatic hydroxyl groups is 1. The van der Waals surface area contributed by atoms with Crippen molar-refractivity contribution in [2.24, 2.45) is 5.73 Å². The topological polar surface area (TPSA) is 89.4 Å². The molecule has 1 aliphatic rings. The van der Waals surface area contributed by atoms with Gasteiger partial charge in [-0.15, -0.1) is 0 Å². The van der Waals surface area contributed by atoms with E-state index in [1.54, 1.807) is 6.07 Å². The SMILES string of the molecule is NCC1(c2cc(Br)c(O)c([N+](=O)[O-])c2)CC1. The lowest BCUT2D eigenvalue weighted by atomic mass is 9.95. The van der Waals surface area contributed by atoms with E-state index in [1.165, 1.54) is 6.07 Å². The van der Waals surface area contributed by atoms with Gasteiger partial charge in [0.25, 0.3) is 0 Å². The number of hydrogen-bond donors (Lipinski definition) is 2. The first kappa shape index (κ1) is 11.3. The van der Waals surface area contributed by atoms with Gasteiger partial charge in [0.1, 0.15) is 0 Å². The van der Waals surface area contributed by atoms with Gasteiger partial charge < -0.3 is 10.8 Å². The van der Waals surface area contributed by atoms with Crippen molar-refractivity contribution in [3.8, 4) is 5.75 Å². The van der Waals surface area contributed by atoms with Crippen LogP contribution in [0.15, 0.2) is 16.6 Å². The molecule has 1 fully saturated rings. The van der Waals surface area contributed by atoms with Crippen molar-refractivity contribution < 1.29 is 10.0 Å². The molecule has 0 aliphatic heterocycles. The van der Waals surface area contributed by atoms with Gasteiger partial charge in [0.2, 0.25) is 5.75 Å². The van der Waals surface area contributed by atoms with Crippen LogP contribution in [-0.2, 0) is 5.41 Å². The van der Waals surface area contributed by atoms with Crippen molar-refractivity contribution >= 4 is 21.6 Å². The second-order valence-corrected chi connectivity index (χ2v) is 4.92. The lowest BCUT2D eigenvalue weighted by molar-refractivity contribution is -0.386. The summed E-state index contributed by atoms with van der Waals surface area (Å²) >= 11 is 3.12. The number of halogens is 1. The number of nitrogens with zero attached hydrogens (tertiary/aromatic N) is 1. The number of hydrogen-bond acceptors (Lipinski definition) is 4. The van der Waals surface area contributed by atoms with E-state index in [2.05, 4.69) is 15.9 Å². The maximum atomic E-state index is 10.8. The molecule has 86 valence electrons. The number of nitrogens with two attached hydrogens (primary N) is 1. The van der Waals surface area contributed by atoms with Crippen LogP contribution in [0.25, 0.3) is 0 Å². The minimum absolute atomic E-state index is 0.124. The van der Waals surface area contributed by atoms with Crippen molar-refractivity contribution in [3.05, 3.63) is 32.3 Å². The highest BCUT2D eigenvalue weighted by atomic mass is 79.9. The molecule has 0 saturated heterocycles. The number of nitro benzene ring substituents is 1. The Kier molecular flexibility index (Phi) is 2.63. The van der Waals surface area contributed by atoms with Gasteiger partial charge in [-0.05, 0) is 40.4 Å². The molecule has 1 saturated carbocycles. The molecular weight excluding hydrogens is 276 g/mol. The molecule has 0 amide bonds. The van der Waals surface area contributed by atoms with E-state index >= 15 is 0 Å². The van der Waals surface area contributed by atoms with Gasteiger partial charge in [0, 0.05) is 18.0 Å². The van der Waals surface area contributed by atoms with Crippen molar-refractivity contribution in [1.82, 2.24) is 0 Å². The molecule has 1 aromatic carbocycles. The first-order valence-corrected chi connectivity index (χ1v) is 5.67. The average Bonchev–Trinajstić information content (AvgIpc) is 3.02. The summed E-state index contributed by atoms with van der Waals surface area (Å²) in [5.41, 5.74) is 6.09. The highest BCUT2D eigenvalue weighted by molar-refractivity contribution is 9.10. The van der Waals surface area contributed by atoms with Crippen LogP contribution in [0, 0.1) is 10.1 Å². The minimum atomic E-state index is -0.587. The van der Waals surface area contributed by atoms with E-state index < -0.39 is 4.92 Å². The summed E-state index contributed by atoms with van der Waals surface area (Å²) < 4.78 is 0.344. The predicted molar refractivity (Wildman–Crippen MR) is 62.4 cm³/mol. The molecule has 0 atom stereocenters. The van der Waals surface area contributed by atoms with Crippen molar-refractivity contribution in [1.29, 1.82) is 0 Å². The molecule has 0 bridgehead atoms. The number of phenolic OH excluding ortho intramolecular Hbond substituents is 1. The summed E-state index contributed by atoms with van der Waals surface area (Å²) in [5.74, 6) is -0.332. The van der Waals surface area contributed by atoms with Crippen LogP contribution < -0.4 is 5.73 Å². The summed E-state index contributed by atoms with van der Waals surface area (Å²) in [6, 6.07) is 3.13. The third-order valence-corrected chi connectivity index (χ3v) is 3.70. The Labute approximate surface area is 101 Å². The quantitative estimate of drug-likeness (QED) is 0.657. The zero-order valence-electron chi connectivity index (χ0n) is 8.44. The molecule has 2 rings (SSSR count). The number of rotatable bonds is 3. The molecule has 0 unspecified atom stereocenters. The zero-order chi connectivity index (χ0) is 11.9. The lowest BCUT2D eigenvalue weighted by Crippen LogP contribution is -2.19. The number of benzene rings is 1. The van der Waals surface area contributed by atoms with Crippen LogP contribution in [0.3, 0.4) is 0 Å². The third kappa shape index (κ3) is 1.68. The standard InChI is InChI=1S/C10H11BrN2O3/c11-7-3-6(10(5-12)1-2-10)4-8(9(7)14)13(15)16/h3-4,14H,1-2,5,12H2. The number of phenols is 1. The van der Waals surface area contributed by atoms with Crippen molar-refractivity contribution in [2.45, 2.75) is 18.3 Å². The molecule has 1 aliphatic carbocycles. The zero-order valence-corrected chi connectivity index (χ0v) is 10.0. The number of nitro groups is 1. The summed E-state index contributed by atoms with van der Waals surface area (Å²) in [5, 5.41) is 20.3.